The molecule has 5 nitrogen and oxygen atoms in total. The molecule has 0 amide bonds. The van der Waals surface area contributed by atoms with Gasteiger partial charge in [0.05, 0.1) is 21.0 Å². The molecular weight excluding hydrogens is 487 g/mol. The molecule has 3 aromatic rings. The lowest BCUT2D eigenvalue weighted by atomic mass is 10.1. The second-order valence-electron chi connectivity index (χ2n) is 6.56. The second kappa shape index (κ2) is 9.43. The third-order valence-corrected chi connectivity index (χ3v) is 7.06. The zero-order valence-corrected chi connectivity index (χ0v) is 18.4. The number of benzene rings is 3. The molecule has 0 aliphatic heterocycles. The van der Waals surface area contributed by atoms with Crippen LogP contribution in [0.4, 0.5) is 18.9 Å². The Labute approximate surface area is 191 Å². The number of carboxylic acids is 1. The third kappa shape index (κ3) is 5.96. The molecule has 0 saturated carbocycles. The van der Waals surface area contributed by atoms with Crippen LogP contribution in [0.3, 0.4) is 0 Å². The Bertz CT molecular complexity index is 1230. The van der Waals surface area contributed by atoms with E-state index in [0.29, 0.717) is 11.3 Å². The van der Waals surface area contributed by atoms with Gasteiger partial charge < -0.3 is 5.11 Å². The summed E-state index contributed by atoms with van der Waals surface area (Å²) >= 11 is 7.15. The first-order chi connectivity index (χ1) is 15.0. The fraction of sp³-hybridized carbons (Fsp3) is 0.0952. The molecule has 0 aromatic heterocycles. The van der Waals surface area contributed by atoms with Gasteiger partial charge in [-0.2, -0.15) is 13.2 Å². The zero-order chi connectivity index (χ0) is 23.5. The highest BCUT2D eigenvalue weighted by atomic mass is 35.5. The lowest BCUT2D eigenvalue weighted by Gasteiger charge is -2.10. The number of halogens is 4. The van der Waals surface area contributed by atoms with Crippen molar-refractivity contribution < 1.29 is 31.5 Å². The summed E-state index contributed by atoms with van der Waals surface area (Å²) in [6, 6.07) is 14.6. The van der Waals surface area contributed by atoms with Crippen LogP contribution in [-0.4, -0.2) is 19.5 Å². The predicted octanol–water partition coefficient (Wildman–Crippen LogP) is 6.15. The first-order valence-electron chi connectivity index (χ1n) is 8.90. The number of hydrogen-bond acceptors (Lipinski definition) is 4. The van der Waals surface area contributed by atoms with Gasteiger partial charge in [-0.3, -0.25) is 4.72 Å². The highest BCUT2D eigenvalue weighted by Crippen LogP contribution is 2.31. The van der Waals surface area contributed by atoms with Crippen molar-refractivity contribution in [1.29, 1.82) is 0 Å². The van der Waals surface area contributed by atoms with Crippen molar-refractivity contribution in [1.82, 2.24) is 0 Å². The number of aromatic carboxylic acids is 1. The first kappa shape index (κ1) is 24.0. The lowest BCUT2D eigenvalue weighted by molar-refractivity contribution is -0.137. The van der Waals surface area contributed by atoms with E-state index in [1.54, 1.807) is 12.1 Å². The summed E-state index contributed by atoms with van der Waals surface area (Å²) in [7, 11) is -4.04. The molecule has 0 unspecified atom stereocenters. The average Bonchev–Trinajstić information content (AvgIpc) is 2.72. The molecule has 168 valence electrons. The largest absolute Gasteiger partial charge is 0.478 e. The highest BCUT2D eigenvalue weighted by molar-refractivity contribution is 7.98. The van der Waals surface area contributed by atoms with Crippen LogP contribution in [0.5, 0.6) is 0 Å². The number of sulfonamides is 1. The summed E-state index contributed by atoms with van der Waals surface area (Å²) in [4.78, 5) is 11.7. The molecule has 32 heavy (non-hydrogen) atoms. The third-order valence-electron chi connectivity index (χ3n) is 4.27. The molecule has 0 bridgehead atoms. The van der Waals surface area contributed by atoms with Gasteiger partial charge in [0.25, 0.3) is 10.0 Å². The number of carbonyl (C=O) groups is 1. The van der Waals surface area contributed by atoms with Crippen LogP contribution >= 0.6 is 23.4 Å². The van der Waals surface area contributed by atoms with E-state index >= 15 is 0 Å². The van der Waals surface area contributed by atoms with E-state index in [-0.39, 0.29) is 21.2 Å². The van der Waals surface area contributed by atoms with Gasteiger partial charge in [0.1, 0.15) is 0 Å². The minimum absolute atomic E-state index is 0.0779. The summed E-state index contributed by atoms with van der Waals surface area (Å²) in [5.74, 6) is -0.909. The van der Waals surface area contributed by atoms with Gasteiger partial charge in [0.2, 0.25) is 0 Å². The number of nitrogens with one attached hydrogen (secondary N) is 1. The fourth-order valence-electron chi connectivity index (χ4n) is 2.63. The van der Waals surface area contributed by atoms with Crippen LogP contribution in [0.1, 0.15) is 21.5 Å². The molecule has 3 rings (SSSR count). The average molecular weight is 502 g/mol. The Balaban J connectivity index is 1.65. The molecule has 0 fully saturated rings. The lowest BCUT2D eigenvalue weighted by Crippen LogP contribution is -2.14. The van der Waals surface area contributed by atoms with Gasteiger partial charge in [-0.25, -0.2) is 13.2 Å². The number of hydrogen-bond donors (Lipinski definition) is 2. The van der Waals surface area contributed by atoms with Crippen molar-refractivity contribution >= 4 is 45.0 Å². The van der Waals surface area contributed by atoms with Crippen LogP contribution in [0.25, 0.3) is 0 Å². The fourth-order valence-corrected chi connectivity index (χ4v) is 4.76. The van der Waals surface area contributed by atoms with E-state index in [9.17, 15) is 26.4 Å². The number of thioether (sulfide) groups is 1. The predicted molar refractivity (Wildman–Crippen MR) is 117 cm³/mol. The van der Waals surface area contributed by atoms with Gasteiger partial charge in [-0.05, 0) is 60.2 Å². The Morgan fingerprint density at radius 1 is 1.00 bits per heavy atom. The van der Waals surface area contributed by atoms with E-state index in [0.717, 1.165) is 23.1 Å². The monoisotopic (exact) mass is 501 g/mol. The van der Waals surface area contributed by atoms with Gasteiger partial charge in [0, 0.05) is 16.3 Å². The topological polar surface area (TPSA) is 83.5 Å². The van der Waals surface area contributed by atoms with Crippen molar-refractivity contribution in [2.45, 2.75) is 21.7 Å². The summed E-state index contributed by atoms with van der Waals surface area (Å²) < 4.78 is 65.3. The Hall–Kier alpha value is -2.69. The van der Waals surface area contributed by atoms with Crippen molar-refractivity contribution in [3.8, 4) is 0 Å². The minimum atomic E-state index is -4.38. The van der Waals surface area contributed by atoms with Crippen LogP contribution in [0, 0.1) is 0 Å². The van der Waals surface area contributed by atoms with Gasteiger partial charge in [-0.1, -0.05) is 23.7 Å². The molecule has 0 aliphatic carbocycles. The van der Waals surface area contributed by atoms with Crippen molar-refractivity contribution in [2.24, 2.45) is 0 Å². The summed E-state index contributed by atoms with van der Waals surface area (Å²) in [6.45, 7) is 0. The molecule has 0 radical (unpaired) electrons. The van der Waals surface area contributed by atoms with E-state index in [2.05, 4.69) is 4.72 Å². The van der Waals surface area contributed by atoms with Crippen LogP contribution < -0.4 is 4.72 Å². The number of anilines is 1. The standard InChI is InChI=1S/C21H15ClF3NO4S2/c22-19-10-9-17(11-18(19)20(27)28)32(29,30)26-15-5-7-16(8-6-15)31-12-13-1-3-14(4-2-13)21(23,24)25/h1-11,26H,12H2,(H,27,28). The van der Waals surface area contributed by atoms with E-state index < -0.39 is 27.7 Å². The number of alkyl halides is 3. The van der Waals surface area contributed by atoms with Crippen molar-refractivity contribution in [3.63, 3.8) is 0 Å². The Morgan fingerprint density at radius 3 is 2.19 bits per heavy atom. The zero-order valence-electron chi connectivity index (χ0n) is 16.1. The van der Waals surface area contributed by atoms with Gasteiger partial charge in [-0.15, -0.1) is 11.8 Å². The van der Waals surface area contributed by atoms with Crippen LogP contribution in [-0.2, 0) is 22.0 Å². The first-order valence-corrected chi connectivity index (χ1v) is 11.7. The Morgan fingerprint density at radius 2 is 1.62 bits per heavy atom. The maximum atomic E-state index is 12.6. The molecule has 3 aromatic carbocycles. The SMILES string of the molecule is O=C(O)c1cc(S(=O)(=O)Nc2ccc(SCc3ccc(C(F)(F)F)cc3)cc2)ccc1Cl. The summed E-state index contributed by atoms with van der Waals surface area (Å²) in [6.07, 6.45) is -4.38. The number of carboxylic acid groups (broad SMARTS) is 1. The molecule has 0 aliphatic rings. The molecule has 0 saturated heterocycles. The smallest absolute Gasteiger partial charge is 0.416 e. The normalized spacial score (nSPS) is 11.9. The van der Waals surface area contributed by atoms with Gasteiger partial charge >= 0.3 is 12.1 Å². The van der Waals surface area contributed by atoms with Crippen molar-refractivity contribution in [3.05, 3.63) is 88.4 Å². The van der Waals surface area contributed by atoms with Gasteiger partial charge in [0.15, 0.2) is 0 Å². The number of rotatable bonds is 7. The molecule has 11 heteroatoms. The second-order valence-corrected chi connectivity index (χ2v) is 9.70. The maximum absolute atomic E-state index is 12.6. The molecule has 0 atom stereocenters. The highest BCUT2D eigenvalue weighted by Gasteiger charge is 2.29. The quantitative estimate of drug-likeness (QED) is 0.379. The molecular formula is C21H15ClF3NO4S2. The summed E-state index contributed by atoms with van der Waals surface area (Å²) in [5, 5.41) is 9.03. The Kier molecular flexibility index (Phi) is 7.06. The van der Waals surface area contributed by atoms with E-state index in [1.165, 1.54) is 48.2 Å². The maximum Gasteiger partial charge on any atom is 0.416 e. The van der Waals surface area contributed by atoms with E-state index in [1.807, 2.05) is 0 Å². The van der Waals surface area contributed by atoms with Crippen molar-refractivity contribution in [2.75, 3.05) is 4.72 Å². The minimum Gasteiger partial charge on any atom is -0.478 e. The molecule has 0 heterocycles. The van der Waals surface area contributed by atoms with Crippen LogP contribution in [0.15, 0.2) is 76.5 Å². The summed E-state index contributed by atoms with van der Waals surface area (Å²) in [5.41, 5.74) is -0.0657. The van der Waals surface area contributed by atoms with E-state index in [4.69, 9.17) is 16.7 Å². The van der Waals surface area contributed by atoms with Crippen LogP contribution in [0.2, 0.25) is 5.02 Å². The molecule has 2 N–H and O–H groups in total. The molecule has 0 spiro atoms.